The molecule has 12 heavy (non-hydrogen) atoms. The largest absolute Gasteiger partial charge is 0.314 e. The lowest BCUT2D eigenvalue weighted by atomic mass is 10.1. The van der Waals surface area contributed by atoms with Crippen molar-refractivity contribution < 1.29 is 0 Å². The van der Waals surface area contributed by atoms with Gasteiger partial charge in [0.25, 0.3) is 0 Å². The van der Waals surface area contributed by atoms with E-state index in [1.54, 1.807) is 0 Å². The summed E-state index contributed by atoms with van der Waals surface area (Å²) >= 11 is 5.72. The van der Waals surface area contributed by atoms with Crippen LogP contribution in [-0.4, -0.2) is 6.04 Å². The maximum Gasteiger partial charge on any atom is 0.225 e. The topological polar surface area (TPSA) is 4.36 Å². The van der Waals surface area contributed by atoms with Crippen molar-refractivity contribution in [2.75, 3.05) is 0 Å². The van der Waals surface area contributed by atoms with E-state index in [9.17, 15) is 0 Å². The van der Waals surface area contributed by atoms with Crippen LogP contribution in [0.25, 0.3) is 4.85 Å². The summed E-state index contributed by atoms with van der Waals surface area (Å²) in [4.78, 5) is 3.42. The summed E-state index contributed by atoms with van der Waals surface area (Å²) in [5.41, 5.74) is 1.17. The summed E-state index contributed by atoms with van der Waals surface area (Å²) in [6, 6.07) is 7.70. The Balaban J connectivity index is 2.66. The van der Waals surface area contributed by atoms with Gasteiger partial charge in [-0.25, -0.2) is 6.57 Å². The predicted molar refractivity (Wildman–Crippen MR) is 51.2 cm³/mol. The van der Waals surface area contributed by atoms with Gasteiger partial charge in [0.15, 0.2) is 0 Å². The van der Waals surface area contributed by atoms with Gasteiger partial charge in [0.2, 0.25) is 6.04 Å². The van der Waals surface area contributed by atoms with Gasteiger partial charge in [-0.05, 0) is 17.7 Å². The molecule has 0 bridgehead atoms. The molecule has 0 amide bonds. The second-order valence-corrected chi connectivity index (χ2v) is 3.25. The summed E-state index contributed by atoms with van der Waals surface area (Å²) in [6.45, 7) is 8.72. The zero-order chi connectivity index (χ0) is 8.97. The van der Waals surface area contributed by atoms with Crippen LogP contribution in [0.4, 0.5) is 0 Å². The second kappa shape index (κ2) is 4.13. The van der Waals surface area contributed by atoms with Crippen LogP contribution < -0.4 is 0 Å². The lowest BCUT2D eigenvalue weighted by Gasteiger charge is -1.99. The van der Waals surface area contributed by atoms with Crippen molar-refractivity contribution in [2.24, 2.45) is 0 Å². The highest BCUT2D eigenvalue weighted by atomic mass is 35.5. The van der Waals surface area contributed by atoms with Gasteiger partial charge >= 0.3 is 0 Å². The van der Waals surface area contributed by atoms with E-state index in [4.69, 9.17) is 18.2 Å². The van der Waals surface area contributed by atoms with E-state index in [0.717, 1.165) is 11.4 Å². The molecule has 1 unspecified atom stereocenters. The maximum absolute atomic E-state index is 6.80. The third-order valence-corrected chi connectivity index (χ3v) is 1.92. The van der Waals surface area contributed by atoms with Crippen LogP contribution in [0.5, 0.6) is 0 Å². The Hall–Kier alpha value is -1.00. The van der Waals surface area contributed by atoms with E-state index in [1.165, 1.54) is 5.56 Å². The van der Waals surface area contributed by atoms with Crippen molar-refractivity contribution in [3.05, 3.63) is 46.3 Å². The molecule has 0 spiro atoms. The van der Waals surface area contributed by atoms with E-state index in [2.05, 4.69) is 4.85 Å². The molecule has 2 heteroatoms. The predicted octanol–water partition coefficient (Wildman–Crippen LogP) is 3.19. The molecular formula is C10H10ClN. The Morgan fingerprint density at radius 1 is 1.42 bits per heavy atom. The summed E-state index contributed by atoms with van der Waals surface area (Å²) in [5.74, 6) is 0. The van der Waals surface area contributed by atoms with Gasteiger partial charge in [0.1, 0.15) is 0 Å². The average molecular weight is 180 g/mol. The molecule has 1 rings (SSSR count). The molecule has 0 aliphatic rings. The monoisotopic (exact) mass is 179 g/mol. The minimum absolute atomic E-state index is 0.0613. The maximum atomic E-state index is 6.80. The van der Waals surface area contributed by atoms with Crippen LogP contribution in [0.1, 0.15) is 12.5 Å². The number of nitrogens with zero attached hydrogens (tertiary/aromatic N) is 1. The highest BCUT2D eigenvalue weighted by Crippen LogP contribution is 2.11. The third-order valence-electron chi connectivity index (χ3n) is 1.66. The first-order chi connectivity index (χ1) is 5.72. The van der Waals surface area contributed by atoms with Crippen molar-refractivity contribution in [1.29, 1.82) is 0 Å². The van der Waals surface area contributed by atoms with E-state index in [0.29, 0.717) is 0 Å². The molecule has 0 saturated carbocycles. The standard InChI is InChI=1S/C10H10ClN/c1-8(12-2)7-9-3-5-10(11)6-4-9/h3-6,8H,7H2,1H3. The van der Waals surface area contributed by atoms with E-state index >= 15 is 0 Å². The number of rotatable bonds is 2. The van der Waals surface area contributed by atoms with Crippen LogP contribution >= 0.6 is 11.6 Å². The molecule has 0 aromatic heterocycles. The quantitative estimate of drug-likeness (QED) is 0.615. The zero-order valence-corrected chi connectivity index (χ0v) is 7.67. The number of hydrogen-bond acceptors (Lipinski definition) is 0. The Labute approximate surface area is 77.8 Å². The van der Waals surface area contributed by atoms with Gasteiger partial charge in [-0.2, -0.15) is 0 Å². The van der Waals surface area contributed by atoms with Gasteiger partial charge < -0.3 is 4.85 Å². The Bertz CT molecular complexity index is 284. The molecule has 1 aromatic carbocycles. The van der Waals surface area contributed by atoms with Gasteiger partial charge in [-0.15, -0.1) is 0 Å². The Morgan fingerprint density at radius 3 is 2.50 bits per heavy atom. The molecule has 1 nitrogen and oxygen atoms in total. The lowest BCUT2D eigenvalue weighted by molar-refractivity contribution is 0.844. The summed E-state index contributed by atoms with van der Waals surface area (Å²) in [7, 11) is 0. The summed E-state index contributed by atoms with van der Waals surface area (Å²) < 4.78 is 0. The molecule has 0 radical (unpaired) electrons. The molecule has 62 valence electrons. The number of halogens is 1. The minimum atomic E-state index is 0.0613. The normalized spacial score (nSPS) is 12.1. The fourth-order valence-corrected chi connectivity index (χ4v) is 1.13. The average Bonchev–Trinajstić information content (AvgIpc) is 2.09. The van der Waals surface area contributed by atoms with Crippen LogP contribution in [-0.2, 0) is 6.42 Å². The van der Waals surface area contributed by atoms with Crippen LogP contribution in [0.2, 0.25) is 5.02 Å². The first-order valence-electron chi connectivity index (χ1n) is 3.83. The smallest absolute Gasteiger partial charge is 0.225 e. The van der Waals surface area contributed by atoms with Crippen molar-refractivity contribution >= 4 is 11.6 Å². The summed E-state index contributed by atoms with van der Waals surface area (Å²) in [5, 5.41) is 0.745. The lowest BCUT2D eigenvalue weighted by Crippen LogP contribution is -1.99. The van der Waals surface area contributed by atoms with Gasteiger partial charge in [0.05, 0.1) is 0 Å². The highest BCUT2D eigenvalue weighted by molar-refractivity contribution is 6.30. The minimum Gasteiger partial charge on any atom is -0.314 e. The van der Waals surface area contributed by atoms with Crippen molar-refractivity contribution in [3.63, 3.8) is 0 Å². The van der Waals surface area contributed by atoms with E-state index in [1.807, 2.05) is 31.2 Å². The molecule has 1 aromatic rings. The summed E-state index contributed by atoms with van der Waals surface area (Å²) in [6.07, 6.45) is 0.806. The molecular weight excluding hydrogens is 170 g/mol. The Morgan fingerprint density at radius 2 is 2.00 bits per heavy atom. The van der Waals surface area contributed by atoms with Gasteiger partial charge in [-0.1, -0.05) is 23.7 Å². The third kappa shape index (κ3) is 2.56. The Kier molecular flexibility index (Phi) is 3.13. The molecule has 0 aliphatic carbocycles. The van der Waals surface area contributed by atoms with Crippen LogP contribution in [0, 0.1) is 6.57 Å². The van der Waals surface area contributed by atoms with E-state index in [-0.39, 0.29) is 6.04 Å². The SMILES string of the molecule is [C-]#[N+]C(C)Cc1ccc(Cl)cc1. The van der Waals surface area contributed by atoms with Crippen molar-refractivity contribution in [1.82, 2.24) is 0 Å². The zero-order valence-electron chi connectivity index (χ0n) is 6.92. The van der Waals surface area contributed by atoms with Gasteiger partial charge in [-0.3, -0.25) is 0 Å². The fraction of sp³-hybridized carbons (Fsp3) is 0.300. The molecule has 1 atom stereocenters. The van der Waals surface area contributed by atoms with Crippen LogP contribution in [0.15, 0.2) is 24.3 Å². The molecule has 0 saturated heterocycles. The molecule has 0 N–H and O–H groups in total. The highest BCUT2D eigenvalue weighted by Gasteiger charge is 2.04. The molecule has 0 aliphatic heterocycles. The fourth-order valence-electron chi connectivity index (χ4n) is 1.01. The van der Waals surface area contributed by atoms with Crippen molar-refractivity contribution in [3.8, 4) is 0 Å². The number of benzene rings is 1. The molecule has 0 heterocycles. The van der Waals surface area contributed by atoms with Crippen molar-refractivity contribution in [2.45, 2.75) is 19.4 Å². The number of hydrogen-bond donors (Lipinski definition) is 0. The van der Waals surface area contributed by atoms with Crippen LogP contribution in [0.3, 0.4) is 0 Å². The van der Waals surface area contributed by atoms with E-state index < -0.39 is 0 Å². The first kappa shape index (κ1) is 9.09. The second-order valence-electron chi connectivity index (χ2n) is 2.81. The van der Waals surface area contributed by atoms with Gasteiger partial charge in [0, 0.05) is 18.4 Å². The molecule has 0 fully saturated rings. The first-order valence-corrected chi connectivity index (χ1v) is 4.21.